The average molecular weight is 327 g/mol. The molecule has 1 aliphatic rings. The van der Waals surface area contributed by atoms with Crippen molar-refractivity contribution in [3.63, 3.8) is 0 Å². The fraction of sp³-hybridized carbons (Fsp3) is 0.500. The monoisotopic (exact) mass is 327 g/mol. The molecule has 6 nitrogen and oxygen atoms in total. The quantitative estimate of drug-likeness (QED) is 0.865. The summed E-state index contributed by atoms with van der Waals surface area (Å²) in [6.45, 7) is 5.05. The molecule has 2 aromatic heterocycles. The third-order valence-electron chi connectivity index (χ3n) is 4.57. The number of likely N-dealkylation sites (tertiary alicyclic amines) is 1. The zero-order chi connectivity index (χ0) is 17.3. The molecule has 0 bridgehead atoms. The normalized spacial score (nSPS) is 17.3. The topological polar surface area (TPSA) is 54.3 Å². The van der Waals surface area contributed by atoms with E-state index in [2.05, 4.69) is 16.1 Å². The van der Waals surface area contributed by atoms with Gasteiger partial charge in [-0.05, 0) is 50.5 Å². The number of carbonyl (C=O) groups excluding carboxylic acids is 1. The van der Waals surface area contributed by atoms with Crippen molar-refractivity contribution in [1.29, 1.82) is 0 Å². The number of aryl methyl sites for hydroxylation is 2. The Balaban J connectivity index is 1.79. The zero-order valence-corrected chi connectivity index (χ0v) is 14.9. The maximum Gasteiger partial charge on any atom is 0.244 e. The van der Waals surface area contributed by atoms with Crippen LogP contribution < -0.4 is 4.90 Å². The molecule has 0 aromatic carbocycles. The molecule has 0 unspecified atom stereocenters. The van der Waals surface area contributed by atoms with Crippen molar-refractivity contribution in [2.75, 3.05) is 25.5 Å². The number of rotatable bonds is 4. The molecule has 2 aromatic rings. The summed E-state index contributed by atoms with van der Waals surface area (Å²) in [5.41, 5.74) is 3.13. The van der Waals surface area contributed by atoms with Crippen LogP contribution in [0.4, 0.5) is 5.82 Å². The van der Waals surface area contributed by atoms with Gasteiger partial charge in [0.1, 0.15) is 12.4 Å². The molecule has 1 atom stereocenters. The van der Waals surface area contributed by atoms with E-state index in [1.54, 1.807) is 4.68 Å². The van der Waals surface area contributed by atoms with Gasteiger partial charge in [-0.1, -0.05) is 0 Å². The minimum atomic E-state index is 0.131. The summed E-state index contributed by atoms with van der Waals surface area (Å²) in [6, 6.07) is 6.24. The second kappa shape index (κ2) is 6.63. The number of nitrogens with zero attached hydrogens (tertiary/aromatic N) is 5. The van der Waals surface area contributed by atoms with Gasteiger partial charge in [0.05, 0.1) is 11.7 Å². The summed E-state index contributed by atoms with van der Waals surface area (Å²) >= 11 is 0. The molecule has 0 radical (unpaired) electrons. The van der Waals surface area contributed by atoms with Gasteiger partial charge in [0.2, 0.25) is 5.91 Å². The smallest absolute Gasteiger partial charge is 0.244 e. The van der Waals surface area contributed by atoms with Gasteiger partial charge in [-0.15, -0.1) is 0 Å². The van der Waals surface area contributed by atoms with Crippen LogP contribution in [-0.4, -0.2) is 46.2 Å². The summed E-state index contributed by atoms with van der Waals surface area (Å²) in [6.07, 6.45) is 3.86. The minimum Gasteiger partial charge on any atom is -0.363 e. The first-order chi connectivity index (χ1) is 11.5. The number of amides is 1. The van der Waals surface area contributed by atoms with Crippen LogP contribution in [0.1, 0.15) is 35.8 Å². The summed E-state index contributed by atoms with van der Waals surface area (Å²) in [7, 11) is 3.96. The van der Waals surface area contributed by atoms with E-state index in [9.17, 15) is 4.79 Å². The van der Waals surface area contributed by atoms with Crippen molar-refractivity contribution in [2.24, 2.45) is 0 Å². The van der Waals surface area contributed by atoms with Gasteiger partial charge in [0.15, 0.2) is 0 Å². The Hall–Kier alpha value is -2.37. The van der Waals surface area contributed by atoms with E-state index < -0.39 is 0 Å². The molecule has 1 saturated heterocycles. The predicted octanol–water partition coefficient (Wildman–Crippen LogP) is 2.32. The van der Waals surface area contributed by atoms with Crippen LogP contribution in [0.3, 0.4) is 0 Å². The van der Waals surface area contributed by atoms with E-state index >= 15 is 0 Å². The largest absolute Gasteiger partial charge is 0.363 e. The molecule has 1 amide bonds. The van der Waals surface area contributed by atoms with Crippen molar-refractivity contribution in [2.45, 2.75) is 39.3 Å². The van der Waals surface area contributed by atoms with Gasteiger partial charge in [-0.2, -0.15) is 5.10 Å². The number of hydrogen-bond acceptors (Lipinski definition) is 4. The average Bonchev–Trinajstić information content (AvgIpc) is 3.14. The van der Waals surface area contributed by atoms with Gasteiger partial charge in [0.25, 0.3) is 0 Å². The first-order valence-electron chi connectivity index (χ1n) is 8.39. The van der Waals surface area contributed by atoms with Crippen molar-refractivity contribution in [1.82, 2.24) is 19.7 Å². The molecule has 0 N–H and O–H groups in total. The third kappa shape index (κ3) is 3.27. The third-order valence-corrected chi connectivity index (χ3v) is 4.57. The summed E-state index contributed by atoms with van der Waals surface area (Å²) in [5, 5.41) is 4.41. The fourth-order valence-corrected chi connectivity index (χ4v) is 3.35. The number of aromatic nitrogens is 3. The van der Waals surface area contributed by atoms with Gasteiger partial charge in [-0.25, -0.2) is 4.98 Å². The zero-order valence-electron chi connectivity index (χ0n) is 14.9. The van der Waals surface area contributed by atoms with Gasteiger partial charge >= 0.3 is 0 Å². The summed E-state index contributed by atoms with van der Waals surface area (Å²) < 4.78 is 1.80. The van der Waals surface area contributed by atoms with Crippen LogP contribution >= 0.6 is 0 Å². The van der Waals surface area contributed by atoms with E-state index in [0.29, 0.717) is 6.54 Å². The Morgan fingerprint density at radius 3 is 2.79 bits per heavy atom. The Kier molecular flexibility index (Phi) is 4.55. The van der Waals surface area contributed by atoms with E-state index in [1.165, 1.54) is 0 Å². The molecule has 1 aliphatic heterocycles. The maximum atomic E-state index is 12.8. The van der Waals surface area contributed by atoms with Crippen molar-refractivity contribution in [3.8, 4) is 0 Å². The molecular weight excluding hydrogens is 302 g/mol. The first-order valence-corrected chi connectivity index (χ1v) is 8.39. The summed E-state index contributed by atoms with van der Waals surface area (Å²) in [5.74, 6) is 1.05. The number of carbonyl (C=O) groups is 1. The highest BCUT2D eigenvalue weighted by atomic mass is 16.2. The fourth-order valence-electron chi connectivity index (χ4n) is 3.35. The Bertz CT molecular complexity index is 737. The minimum absolute atomic E-state index is 0.131. The van der Waals surface area contributed by atoms with Gasteiger partial charge in [0, 0.05) is 32.5 Å². The maximum absolute atomic E-state index is 12.8. The van der Waals surface area contributed by atoms with Crippen LogP contribution in [0.25, 0.3) is 0 Å². The van der Waals surface area contributed by atoms with Gasteiger partial charge in [-0.3, -0.25) is 9.48 Å². The lowest BCUT2D eigenvalue weighted by molar-refractivity contribution is -0.133. The molecule has 6 heteroatoms. The molecule has 0 aliphatic carbocycles. The predicted molar refractivity (Wildman–Crippen MR) is 94.0 cm³/mol. The lowest BCUT2D eigenvalue weighted by Crippen LogP contribution is -2.34. The number of hydrogen-bond donors (Lipinski definition) is 0. The lowest BCUT2D eigenvalue weighted by atomic mass is 10.1. The number of pyridine rings is 1. The standard InChI is InChI=1S/C18H25N5O/c1-13-10-14(2)23(20-13)12-18(24)22-9-5-6-16(22)15-7-8-19-17(11-15)21(3)4/h7-8,10-11,16H,5-6,9,12H2,1-4H3/t16-/m1/s1. The molecule has 1 fully saturated rings. The first kappa shape index (κ1) is 16.5. The molecule has 24 heavy (non-hydrogen) atoms. The van der Waals surface area contributed by atoms with E-state index in [-0.39, 0.29) is 11.9 Å². The van der Waals surface area contributed by atoms with Crippen LogP contribution in [0.2, 0.25) is 0 Å². The second-order valence-electron chi connectivity index (χ2n) is 6.67. The van der Waals surface area contributed by atoms with E-state index in [0.717, 1.165) is 42.2 Å². The highest BCUT2D eigenvalue weighted by Gasteiger charge is 2.30. The Labute approximate surface area is 143 Å². The van der Waals surface area contributed by atoms with Crippen molar-refractivity contribution < 1.29 is 4.79 Å². The highest BCUT2D eigenvalue weighted by Crippen LogP contribution is 2.33. The Morgan fingerprint density at radius 1 is 1.33 bits per heavy atom. The van der Waals surface area contributed by atoms with Crippen LogP contribution in [0, 0.1) is 13.8 Å². The molecule has 0 saturated carbocycles. The van der Waals surface area contributed by atoms with Crippen LogP contribution in [0.15, 0.2) is 24.4 Å². The van der Waals surface area contributed by atoms with Gasteiger partial charge < -0.3 is 9.80 Å². The van der Waals surface area contributed by atoms with Crippen molar-refractivity contribution >= 4 is 11.7 Å². The van der Waals surface area contributed by atoms with Crippen LogP contribution in [0.5, 0.6) is 0 Å². The SMILES string of the molecule is Cc1cc(C)n(CC(=O)N2CCC[C@@H]2c2ccnc(N(C)C)c2)n1. The molecule has 3 rings (SSSR count). The van der Waals surface area contributed by atoms with Crippen LogP contribution in [-0.2, 0) is 11.3 Å². The second-order valence-corrected chi connectivity index (χ2v) is 6.67. The molecule has 128 valence electrons. The summed E-state index contributed by atoms with van der Waals surface area (Å²) in [4.78, 5) is 21.2. The lowest BCUT2D eigenvalue weighted by Gasteiger charge is -2.26. The number of anilines is 1. The van der Waals surface area contributed by atoms with E-state index in [4.69, 9.17) is 0 Å². The van der Waals surface area contributed by atoms with Crippen molar-refractivity contribution in [3.05, 3.63) is 41.3 Å². The molecular formula is C18H25N5O. The van der Waals surface area contributed by atoms with E-state index in [1.807, 2.05) is 56.1 Å². The molecule has 0 spiro atoms. The Morgan fingerprint density at radius 2 is 2.12 bits per heavy atom. The highest BCUT2D eigenvalue weighted by molar-refractivity contribution is 5.77. The molecule has 3 heterocycles.